The number of carbonyl (C=O) groups is 4. The third-order valence-electron chi connectivity index (χ3n) is 6.83. The molecular weight excluding hydrogens is 404 g/mol. The number of methoxy groups -OCH3 is 3. The molecule has 0 spiro atoms. The first-order chi connectivity index (χ1) is 14.8. The van der Waals surface area contributed by atoms with Crippen LogP contribution in [-0.2, 0) is 23.9 Å². The molecule has 1 amide bonds. The Labute approximate surface area is 179 Å². The molecule has 31 heavy (non-hydrogen) atoms. The number of piperazine rings is 1. The summed E-state index contributed by atoms with van der Waals surface area (Å²) in [5.41, 5.74) is -0.906. The fourth-order valence-corrected chi connectivity index (χ4v) is 5.53. The van der Waals surface area contributed by atoms with E-state index in [4.69, 9.17) is 14.2 Å². The van der Waals surface area contributed by atoms with Crippen molar-refractivity contribution in [2.24, 2.45) is 5.41 Å². The number of ketones is 1. The highest BCUT2D eigenvalue weighted by Gasteiger charge is 2.72. The van der Waals surface area contributed by atoms with Crippen molar-refractivity contribution < 1.29 is 33.4 Å². The number of hydrogen-bond donors (Lipinski definition) is 0. The minimum Gasteiger partial charge on any atom is -0.496 e. The van der Waals surface area contributed by atoms with Gasteiger partial charge in [-0.3, -0.25) is 24.1 Å². The average Bonchev–Trinajstić information content (AvgIpc) is 3.03. The van der Waals surface area contributed by atoms with Gasteiger partial charge < -0.3 is 19.1 Å². The van der Waals surface area contributed by atoms with Gasteiger partial charge in [-0.25, -0.2) is 0 Å². The minimum absolute atomic E-state index is 0.135. The lowest BCUT2D eigenvalue weighted by Gasteiger charge is -2.51. The number of fused-ring (bicyclic) bond motifs is 5. The summed E-state index contributed by atoms with van der Waals surface area (Å²) in [7, 11) is 5.46. The Morgan fingerprint density at radius 3 is 2.35 bits per heavy atom. The molecule has 9 nitrogen and oxygen atoms in total. The molecule has 2 saturated heterocycles. The van der Waals surface area contributed by atoms with Crippen LogP contribution in [-0.4, -0.2) is 79.9 Å². The topological polar surface area (TPSA) is 102 Å². The van der Waals surface area contributed by atoms with Crippen LogP contribution in [0.15, 0.2) is 30.9 Å². The monoisotopic (exact) mass is 428 g/mol. The maximum Gasteiger partial charge on any atom is 0.325 e. The largest absolute Gasteiger partial charge is 0.496 e. The summed E-state index contributed by atoms with van der Waals surface area (Å²) in [6, 6.07) is 1.53. The highest BCUT2D eigenvalue weighted by atomic mass is 16.5. The zero-order valence-corrected chi connectivity index (χ0v) is 17.8. The lowest BCUT2D eigenvalue weighted by Crippen LogP contribution is -2.69. The number of likely N-dealkylation sites (N-methyl/N-ethyl adjacent to an activating group) is 1. The van der Waals surface area contributed by atoms with Gasteiger partial charge in [0.25, 0.3) is 0 Å². The maximum atomic E-state index is 13.8. The van der Waals surface area contributed by atoms with Gasteiger partial charge in [-0.15, -0.1) is 6.58 Å². The van der Waals surface area contributed by atoms with Crippen molar-refractivity contribution in [2.45, 2.75) is 30.6 Å². The van der Waals surface area contributed by atoms with Crippen LogP contribution in [0.3, 0.4) is 0 Å². The molecule has 0 N–H and O–H groups in total. The van der Waals surface area contributed by atoms with E-state index >= 15 is 0 Å². The van der Waals surface area contributed by atoms with Gasteiger partial charge in [0, 0.05) is 17.5 Å². The number of rotatable bonds is 4. The van der Waals surface area contributed by atoms with Crippen molar-refractivity contribution in [3.8, 4) is 5.75 Å². The molecule has 0 aliphatic carbocycles. The standard InChI is InChI=1S/C22H24N2O7/c1-6-12-15-11(8-7-9-14(15)29-3)17(25)16-18-22(20(27)30-4,21(28)31-5)10-13(23(18)2)19(26)24(12)16/h6-9,12-13,16,18H,1,10H2,2-5H3/t12-,13-,16-,18+/m0/s1. The molecule has 0 unspecified atom stereocenters. The molecule has 2 bridgehead atoms. The first-order valence-corrected chi connectivity index (χ1v) is 9.84. The zero-order valence-electron chi connectivity index (χ0n) is 17.8. The summed E-state index contributed by atoms with van der Waals surface area (Å²) in [6.07, 6.45) is 1.44. The summed E-state index contributed by atoms with van der Waals surface area (Å²) in [4.78, 5) is 56.4. The normalized spacial score (nSPS) is 28.5. The Kier molecular flexibility index (Phi) is 4.88. The van der Waals surface area contributed by atoms with Crippen LogP contribution in [0.4, 0.5) is 0 Å². The number of benzene rings is 1. The third kappa shape index (κ3) is 2.46. The molecule has 4 rings (SSSR count). The number of amides is 1. The molecule has 4 atom stereocenters. The number of nitrogens with zero attached hydrogens (tertiary/aromatic N) is 2. The van der Waals surface area contributed by atoms with Crippen LogP contribution >= 0.6 is 0 Å². The second-order valence-corrected chi connectivity index (χ2v) is 7.94. The Balaban J connectivity index is 1.99. The number of esters is 2. The summed E-state index contributed by atoms with van der Waals surface area (Å²) in [5, 5.41) is 0. The molecule has 3 heterocycles. The molecule has 9 heteroatoms. The molecule has 2 fully saturated rings. The molecule has 1 aromatic carbocycles. The van der Waals surface area contributed by atoms with Crippen LogP contribution < -0.4 is 4.74 Å². The first-order valence-electron chi connectivity index (χ1n) is 9.84. The fraction of sp³-hybridized carbons (Fsp3) is 0.455. The SMILES string of the molecule is C=C[C@H]1c2c(OC)cccc2C(=O)[C@H]2[C@H]3N(C)[C@@H](CC3(C(=O)OC)C(=O)OC)C(=O)N12. The van der Waals surface area contributed by atoms with Crippen molar-refractivity contribution in [1.82, 2.24) is 9.80 Å². The lowest BCUT2D eigenvalue weighted by atomic mass is 9.73. The van der Waals surface area contributed by atoms with Gasteiger partial charge in [-0.2, -0.15) is 0 Å². The van der Waals surface area contributed by atoms with Gasteiger partial charge in [0.2, 0.25) is 5.91 Å². The van der Waals surface area contributed by atoms with E-state index in [9.17, 15) is 19.2 Å². The van der Waals surface area contributed by atoms with Gasteiger partial charge in [-0.05, 0) is 13.1 Å². The van der Waals surface area contributed by atoms with Crippen LogP contribution in [0.5, 0.6) is 5.75 Å². The van der Waals surface area contributed by atoms with E-state index in [1.54, 1.807) is 36.2 Å². The zero-order chi connectivity index (χ0) is 22.7. The highest BCUT2D eigenvalue weighted by molar-refractivity contribution is 6.11. The Hall–Kier alpha value is -3.20. The van der Waals surface area contributed by atoms with Crippen molar-refractivity contribution in [1.29, 1.82) is 0 Å². The summed E-state index contributed by atoms with van der Waals surface area (Å²) in [5.74, 6) is -1.94. The van der Waals surface area contributed by atoms with E-state index in [1.165, 1.54) is 26.2 Å². The number of Topliss-reactive ketones (excluding diaryl/α,β-unsaturated/α-hetero) is 1. The van der Waals surface area contributed by atoms with E-state index in [2.05, 4.69) is 6.58 Å². The molecule has 3 aliphatic heterocycles. The second kappa shape index (κ2) is 7.19. The van der Waals surface area contributed by atoms with E-state index in [1.807, 2.05) is 0 Å². The Morgan fingerprint density at radius 1 is 1.16 bits per heavy atom. The smallest absolute Gasteiger partial charge is 0.325 e. The van der Waals surface area contributed by atoms with Crippen LogP contribution in [0.1, 0.15) is 28.4 Å². The maximum absolute atomic E-state index is 13.8. The fourth-order valence-electron chi connectivity index (χ4n) is 5.53. The van der Waals surface area contributed by atoms with Gasteiger partial charge in [-0.1, -0.05) is 18.2 Å². The molecule has 0 radical (unpaired) electrons. The summed E-state index contributed by atoms with van der Waals surface area (Å²) >= 11 is 0. The van der Waals surface area contributed by atoms with Crippen molar-refractivity contribution >= 4 is 23.6 Å². The first kappa shape index (κ1) is 21.0. The third-order valence-corrected chi connectivity index (χ3v) is 6.83. The summed E-state index contributed by atoms with van der Waals surface area (Å²) in [6.45, 7) is 3.88. The van der Waals surface area contributed by atoms with E-state index in [0.717, 1.165) is 0 Å². The van der Waals surface area contributed by atoms with Gasteiger partial charge in [0.05, 0.1) is 39.5 Å². The number of hydrogen-bond acceptors (Lipinski definition) is 8. The van der Waals surface area contributed by atoms with Crippen molar-refractivity contribution in [3.05, 3.63) is 42.0 Å². The quantitative estimate of drug-likeness (QED) is 0.393. The Morgan fingerprint density at radius 2 is 1.81 bits per heavy atom. The molecule has 164 valence electrons. The molecule has 1 aromatic rings. The Bertz CT molecular complexity index is 988. The molecule has 3 aliphatic rings. The highest BCUT2D eigenvalue weighted by Crippen LogP contribution is 2.53. The predicted molar refractivity (Wildman–Crippen MR) is 107 cm³/mol. The number of carbonyl (C=O) groups excluding carboxylic acids is 4. The molecule has 0 saturated carbocycles. The minimum atomic E-state index is -1.81. The van der Waals surface area contributed by atoms with E-state index in [0.29, 0.717) is 16.9 Å². The van der Waals surface area contributed by atoms with E-state index < -0.39 is 41.5 Å². The van der Waals surface area contributed by atoms with Crippen molar-refractivity contribution in [2.75, 3.05) is 28.4 Å². The lowest BCUT2D eigenvalue weighted by molar-refractivity contribution is -0.173. The molecule has 0 aromatic heterocycles. The van der Waals surface area contributed by atoms with E-state index in [-0.39, 0.29) is 18.1 Å². The van der Waals surface area contributed by atoms with Gasteiger partial charge in [0.1, 0.15) is 11.8 Å². The molecular formula is C22H24N2O7. The van der Waals surface area contributed by atoms with Crippen LogP contribution in [0.2, 0.25) is 0 Å². The average molecular weight is 428 g/mol. The van der Waals surface area contributed by atoms with Crippen LogP contribution in [0.25, 0.3) is 0 Å². The summed E-state index contributed by atoms with van der Waals surface area (Å²) < 4.78 is 15.4. The van der Waals surface area contributed by atoms with Gasteiger partial charge in [0.15, 0.2) is 11.2 Å². The van der Waals surface area contributed by atoms with Crippen molar-refractivity contribution in [3.63, 3.8) is 0 Å². The van der Waals surface area contributed by atoms with Gasteiger partial charge >= 0.3 is 11.9 Å². The number of ether oxygens (including phenoxy) is 3. The van der Waals surface area contributed by atoms with Crippen LogP contribution in [0, 0.1) is 5.41 Å². The predicted octanol–water partition coefficient (Wildman–Crippen LogP) is 0.734. The second-order valence-electron chi connectivity index (χ2n) is 7.94.